The Bertz CT molecular complexity index is 1130. The number of carbonyl (C=O) groups excluding carboxylic acids is 4. The molecule has 3 aliphatic heterocycles. The molecule has 8 heteroatoms. The van der Waals surface area contributed by atoms with Gasteiger partial charge in [0, 0.05) is 5.92 Å². The molecule has 2 unspecified atom stereocenters. The first-order valence-electron chi connectivity index (χ1n) is 10.8. The molecule has 0 radical (unpaired) electrons. The van der Waals surface area contributed by atoms with E-state index in [0.717, 1.165) is 5.56 Å². The van der Waals surface area contributed by atoms with Gasteiger partial charge in [0.05, 0.1) is 23.8 Å². The summed E-state index contributed by atoms with van der Waals surface area (Å²) in [5.74, 6) is -4.33. The highest BCUT2D eigenvalue weighted by molar-refractivity contribution is 5.98. The van der Waals surface area contributed by atoms with Crippen LogP contribution in [0.15, 0.2) is 54.6 Å². The second-order valence-electron chi connectivity index (χ2n) is 8.71. The van der Waals surface area contributed by atoms with Gasteiger partial charge in [-0.1, -0.05) is 36.4 Å². The van der Waals surface area contributed by atoms with E-state index in [-0.39, 0.29) is 19.1 Å². The summed E-state index contributed by atoms with van der Waals surface area (Å²) in [6.07, 6.45) is -0.362. The maximum absolute atomic E-state index is 12.7. The van der Waals surface area contributed by atoms with E-state index in [0.29, 0.717) is 17.5 Å². The van der Waals surface area contributed by atoms with Crippen LogP contribution in [0.25, 0.3) is 0 Å². The Kier molecular flexibility index (Phi) is 5.25. The lowest BCUT2D eigenvalue weighted by Gasteiger charge is -2.31. The van der Waals surface area contributed by atoms with Gasteiger partial charge < -0.3 is 18.9 Å². The van der Waals surface area contributed by atoms with Crippen molar-refractivity contribution in [3.8, 4) is 0 Å². The van der Waals surface area contributed by atoms with Crippen molar-refractivity contribution >= 4 is 23.9 Å². The topological polar surface area (TPSA) is 105 Å². The highest BCUT2D eigenvalue weighted by atomic mass is 16.6. The largest absolute Gasteiger partial charge is 0.462 e. The van der Waals surface area contributed by atoms with Gasteiger partial charge in [0.1, 0.15) is 24.0 Å². The molecule has 2 bridgehead atoms. The van der Waals surface area contributed by atoms with Crippen LogP contribution >= 0.6 is 0 Å². The molecule has 33 heavy (non-hydrogen) atoms. The molecule has 0 spiro atoms. The third-order valence-corrected chi connectivity index (χ3v) is 6.70. The lowest BCUT2D eigenvalue weighted by atomic mass is 9.69. The van der Waals surface area contributed by atoms with E-state index in [9.17, 15) is 19.2 Å². The van der Waals surface area contributed by atoms with Crippen molar-refractivity contribution < 1.29 is 38.1 Å². The molecule has 3 aliphatic rings. The van der Waals surface area contributed by atoms with E-state index in [2.05, 4.69) is 0 Å². The predicted molar refractivity (Wildman–Crippen MR) is 112 cm³/mol. The fraction of sp³-hybridized carbons (Fsp3) is 0.360. The van der Waals surface area contributed by atoms with Gasteiger partial charge >= 0.3 is 23.9 Å². The Labute approximate surface area is 189 Å². The van der Waals surface area contributed by atoms with E-state index >= 15 is 0 Å². The van der Waals surface area contributed by atoms with Crippen LogP contribution in [0, 0.1) is 24.7 Å². The van der Waals surface area contributed by atoms with Gasteiger partial charge in [-0.3, -0.25) is 9.59 Å². The van der Waals surface area contributed by atoms with Gasteiger partial charge in [-0.05, 0) is 37.1 Å². The summed E-state index contributed by atoms with van der Waals surface area (Å²) in [7, 11) is 0. The maximum atomic E-state index is 12.7. The molecule has 5 rings (SSSR count). The maximum Gasteiger partial charge on any atom is 0.338 e. The number of fused-ring (bicyclic) bond motifs is 5. The number of aryl methyl sites for hydroxylation is 1. The van der Waals surface area contributed by atoms with Crippen molar-refractivity contribution in [1.29, 1.82) is 0 Å². The van der Waals surface area contributed by atoms with Crippen molar-refractivity contribution in [1.82, 2.24) is 0 Å². The first-order valence-corrected chi connectivity index (χ1v) is 10.8. The molecule has 3 fully saturated rings. The zero-order valence-corrected chi connectivity index (χ0v) is 17.9. The van der Waals surface area contributed by atoms with Gasteiger partial charge in [0.25, 0.3) is 0 Å². The zero-order valence-electron chi connectivity index (χ0n) is 17.9. The van der Waals surface area contributed by atoms with Crippen LogP contribution in [0.1, 0.15) is 32.7 Å². The number of rotatable bonds is 6. The zero-order chi connectivity index (χ0) is 23.2. The lowest BCUT2D eigenvalue weighted by Crippen LogP contribution is -2.47. The highest BCUT2D eigenvalue weighted by Crippen LogP contribution is 2.57. The molecule has 2 aromatic carbocycles. The first kappa shape index (κ1) is 21.3. The Balaban J connectivity index is 1.32. The summed E-state index contributed by atoms with van der Waals surface area (Å²) in [6.45, 7) is 1.60. The third kappa shape index (κ3) is 3.60. The summed E-state index contributed by atoms with van der Waals surface area (Å²) in [5.41, 5.74) is 0.393. The van der Waals surface area contributed by atoms with Crippen molar-refractivity contribution in [3.05, 3.63) is 71.3 Å². The molecule has 8 nitrogen and oxygen atoms in total. The Morgan fingerprint density at radius 2 is 1.70 bits per heavy atom. The van der Waals surface area contributed by atoms with Crippen molar-refractivity contribution in [2.45, 2.75) is 25.0 Å². The first-order chi connectivity index (χ1) is 15.9. The number of hydrogen-bond acceptors (Lipinski definition) is 8. The SMILES string of the molecule is Cc1ccccc1C(=O)OC[C@]12C[C@@H](COC(=O)c3ccccc3)[C@@H](O1)C1C(=O)OC(=O)C12. The summed E-state index contributed by atoms with van der Waals surface area (Å²) in [4.78, 5) is 49.8. The van der Waals surface area contributed by atoms with E-state index in [4.69, 9.17) is 18.9 Å². The quantitative estimate of drug-likeness (QED) is 0.376. The fourth-order valence-electron chi connectivity index (χ4n) is 5.17. The Hall–Kier alpha value is -3.52. The van der Waals surface area contributed by atoms with Gasteiger partial charge in [-0.2, -0.15) is 0 Å². The summed E-state index contributed by atoms with van der Waals surface area (Å²) < 4.78 is 22.1. The molecule has 0 amide bonds. The van der Waals surface area contributed by atoms with E-state index in [1.165, 1.54) is 0 Å². The molecule has 170 valence electrons. The fourth-order valence-corrected chi connectivity index (χ4v) is 5.17. The van der Waals surface area contributed by atoms with Gasteiger partial charge in [0.2, 0.25) is 0 Å². The molecule has 5 atom stereocenters. The van der Waals surface area contributed by atoms with Gasteiger partial charge in [0.15, 0.2) is 0 Å². The van der Waals surface area contributed by atoms with E-state index in [1.807, 2.05) is 6.07 Å². The summed E-state index contributed by atoms with van der Waals surface area (Å²) >= 11 is 0. The summed E-state index contributed by atoms with van der Waals surface area (Å²) in [6, 6.07) is 15.6. The van der Waals surface area contributed by atoms with Crippen LogP contribution in [0.4, 0.5) is 0 Å². The average molecular weight is 450 g/mol. The molecule has 3 saturated heterocycles. The van der Waals surface area contributed by atoms with Crippen LogP contribution in [0.2, 0.25) is 0 Å². The average Bonchev–Trinajstić information content (AvgIpc) is 3.45. The number of carbonyl (C=O) groups is 4. The van der Waals surface area contributed by atoms with E-state index < -0.39 is 47.4 Å². The highest BCUT2D eigenvalue weighted by Gasteiger charge is 2.72. The Morgan fingerprint density at radius 3 is 2.45 bits per heavy atom. The number of benzene rings is 2. The Morgan fingerprint density at radius 1 is 0.970 bits per heavy atom. The van der Waals surface area contributed by atoms with Crippen LogP contribution < -0.4 is 0 Å². The predicted octanol–water partition coefficient (Wildman–Crippen LogP) is 2.48. The molecular weight excluding hydrogens is 428 g/mol. The monoisotopic (exact) mass is 450 g/mol. The smallest absolute Gasteiger partial charge is 0.338 e. The van der Waals surface area contributed by atoms with Crippen LogP contribution in [0.5, 0.6) is 0 Å². The van der Waals surface area contributed by atoms with Crippen LogP contribution in [0.3, 0.4) is 0 Å². The number of esters is 4. The van der Waals surface area contributed by atoms with Crippen LogP contribution in [-0.2, 0) is 28.5 Å². The minimum atomic E-state index is -1.19. The standard InChI is InChI=1S/C25H22O8/c1-14-7-5-6-10-17(14)22(27)31-13-25-11-16(12-30-21(26)15-8-3-2-4-9-15)20(33-25)18-19(25)24(29)32-23(18)28/h2-10,16,18-20H,11-13H2,1H3/t16-,18?,19?,20+,25-/m0/s1. The third-order valence-electron chi connectivity index (χ3n) is 6.70. The molecular formula is C25H22O8. The number of ether oxygens (including phenoxy) is 4. The molecule has 0 aliphatic carbocycles. The lowest BCUT2D eigenvalue weighted by molar-refractivity contribution is -0.160. The molecule has 2 aromatic rings. The number of hydrogen-bond donors (Lipinski definition) is 0. The molecule has 3 heterocycles. The van der Waals surface area contributed by atoms with Crippen molar-refractivity contribution in [2.24, 2.45) is 17.8 Å². The van der Waals surface area contributed by atoms with Crippen molar-refractivity contribution in [2.75, 3.05) is 13.2 Å². The second-order valence-corrected chi connectivity index (χ2v) is 8.71. The second kappa shape index (κ2) is 8.12. The molecule has 0 N–H and O–H groups in total. The molecule has 0 saturated carbocycles. The molecule has 0 aromatic heterocycles. The normalized spacial score (nSPS) is 29.5. The van der Waals surface area contributed by atoms with Gasteiger partial charge in [-0.15, -0.1) is 0 Å². The van der Waals surface area contributed by atoms with Gasteiger partial charge in [-0.25, -0.2) is 9.59 Å². The minimum Gasteiger partial charge on any atom is -0.462 e. The van der Waals surface area contributed by atoms with E-state index in [1.54, 1.807) is 55.5 Å². The van der Waals surface area contributed by atoms with Crippen molar-refractivity contribution in [3.63, 3.8) is 0 Å². The minimum absolute atomic E-state index is 0.0105. The number of cyclic esters (lactones) is 2. The van der Waals surface area contributed by atoms with Crippen LogP contribution in [-0.4, -0.2) is 48.8 Å². The summed E-state index contributed by atoms with van der Waals surface area (Å²) in [5, 5.41) is 0.